The Bertz CT molecular complexity index is 1670. The maximum absolute atomic E-state index is 13.6. The third-order valence-electron chi connectivity index (χ3n) is 7.68. The van der Waals surface area contributed by atoms with Crippen molar-refractivity contribution in [1.82, 2.24) is 10.3 Å². The number of allylic oxidation sites excluding steroid dienone is 1. The van der Waals surface area contributed by atoms with E-state index in [9.17, 15) is 14.4 Å². The predicted molar refractivity (Wildman–Crippen MR) is 162 cm³/mol. The van der Waals surface area contributed by atoms with Crippen LogP contribution in [0.5, 0.6) is 11.5 Å². The largest absolute Gasteiger partial charge is 0.457 e. The minimum Gasteiger partial charge on any atom is -0.457 e. The molecule has 2 aromatic heterocycles. The Morgan fingerprint density at radius 1 is 1.15 bits per heavy atom. The molecule has 2 N–H and O–H groups in total. The number of urea groups is 1. The second-order valence-corrected chi connectivity index (χ2v) is 11.5. The summed E-state index contributed by atoms with van der Waals surface area (Å²) in [6, 6.07) is 16.5. The van der Waals surface area contributed by atoms with Crippen molar-refractivity contribution in [2.24, 2.45) is 5.92 Å². The molecule has 6 rings (SSSR count). The molecule has 0 saturated heterocycles. The zero-order valence-corrected chi connectivity index (χ0v) is 23.5. The van der Waals surface area contributed by atoms with E-state index >= 15 is 0 Å². The molecule has 208 valence electrons. The topological polar surface area (TPSA) is 101 Å². The number of amides is 3. The Morgan fingerprint density at radius 2 is 1.98 bits per heavy atom. The van der Waals surface area contributed by atoms with Crippen molar-refractivity contribution in [3.63, 3.8) is 0 Å². The lowest BCUT2D eigenvalue weighted by atomic mass is 9.82. The Kier molecular flexibility index (Phi) is 7.28. The number of benzene rings is 2. The number of nitrogens with one attached hydrogen (secondary N) is 2. The van der Waals surface area contributed by atoms with Gasteiger partial charge in [-0.2, -0.15) is 0 Å². The van der Waals surface area contributed by atoms with Crippen LogP contribution < -0.4 is 20.3 Å². The molecule has 2 aliphatic rings. The fourth-order valence-corrected chi connectivity index (χ4v) is 6.80. The fourth-order valence-electron chi connectivity index (χ4n) is 5.78. The van der Waals surface area contributed by atoms with Crippen molar-refractivity contribution < 1.29 is 19.1 Å². The summed E-state index contributed by atoms with van der Waals surface area (Å²) in [5, 5.41) is 6.87. The van der Waals surface area contributed by atoms with E-state index in [1.54, 1.807) is 17.2 Å². The van der Waals surface area contributed by atoms with Gasteiger partial charge in [-0.3, -0.25) is 14.5 Å². The van der Waals surface area contributed by atoms with Crippen molar-refractivity contribution in [1.29, 1.82) is 0 Å². The Balaban J connectivity index is 1.27. The first-order valence-corrected chi connectivity index (χ1v) is 14.5. The van der Waals surface area contributed by atoms with Crippen LogP contribution in [-0.2, 0) is 4.79 Å². The Hall–Kier alpha value is -4.50. The summed E-state index contributed by atoms with van der Waals surface area (Å²) in [4.78, 5) is 46.2. The number of ketones is 1. The summed E-state index contributed by atoms with van der Waals surface area (Å²) >= 11 is 1.27. The molecule has 1 aliphatic heterocycles. The number of para-hydroxylation sites is 1. The third-order valence-corrected chi connectivity index (χ3v) is 8.77. The number of nitrogens with zero attached hydrogens (tertiary/aromatic N) is 2. The highest BCUT2D eigenvalue weighted by atomic mass is 32.1. The van der Waals surface area contributed by atoms with Gasteiger partial charge in [0.1, 0.15) is 21.2 Å². The molecule has 41 heavy (non-hydrogen) atoms. The van der Waals surface area contributed by atoms with Crippen LogP contribution in [0.25, 0.3) is 10.2 Å². The van der Waals surface area contributed by atoms with Gasteiger partial charge in [-0.15, -0.1) is 11.3 Å². The number of aromatic nitrogens is 1. The number of carbonyl (C=O) groups excluding carboxylic acids is 3. The molecule has 1 saturated carbocycles. The van der Waals surface area contributed by atoms with E-state index in [2.05, 4.69) is 22.2 Å². The van der Waals surface area contributed by atoms with E-state index < -0.39 is 0 Å². The van der Waals surface area contributed by atoms with Crippen LogP contribution in [0.15, 0.2) is 73.4 Å². The van der Waals surface area contributed by atoms with E-state index in [0.717, 1.165) is 42.4 Å². The van der Waals surface area contributed by atoms with E-state index in [-0.39, 0.29) is 29.7 Å². The molecule has 3 heterocycles. The minimum atomic E-state index is -0.349. The van der Waals surface area contributed by atoms with Gasteiger partial charge in [-0.25, -0.2) is 9.78 Å². The molecule has 2 atom stereocenters. The van der Waals surface area contributed by atoms with E-state index in [0.29, 0.717) is 38.9 Å². The first kappa shape index (κ1) is 26.7. The SMILES string of the molecule is C=CC(=O)C[C@@H]1CCC[C@H](NC(=O)c2sc3nccc4c3c2NC(=O)N4c2ccc(Oc3ccccc3)cc2C)C1. The first-order valence-electron chi connectivity index (χ1n) is 13.7. The maximum Gasteiger partial charge on any atom is 0.331 e. The summed E-state index contributed by atoms with van der Waals surface area (Å²) in [6.07, 6.45) is 7.02. The first-order chi connectivity index (χ1) is 19.9. The number of hydrogen-bond donors (Lipinski definition) is 2. The normalized spacial score (nSPS) is 18.1. The molecule has 4 aromatic rings. The van der Waals surface area contributed by atoms with Crippen molar-refractivity contribution >= 4 is 56.3 Å². The monoisotopic (exact) mass is 566 g/mol. The van der Waals surface area contributed by atoms with Crippen molar-refractivity contribution in [3.05, 3.63) is 83.9 Å². The van der Waals surface area contributed by atoms with Gasteiger partial charge in [0.15, 0.2) is 5.78 Å². The molecule has 1 fully saturated rings. The molecule has 0 bridgehead atoms. The molecule has 2 aromatic carbocycles. The van der Waals surface area contributed by atoms with Gasteiger partial charge < -0.3 is 15.4 Å². The Labute approximate surface area is 242 Å². The second-order valence-electron chi connectivity index (χ2n) is 10.5. The number of thiophene rings is 1. The third kappa shape index (κ3) is 5.32. The molecule has 1 aliphatic carbocycles. The highest BCUT2D eigenvalue weighted by Crippen LogP contribution is 2.46. The van der Waals surface area contributed by atoms with Gasteiger partial charge in [0.2, 0.25) is 0 Å². The summed E-state index contributed by atoms with van der Waals surface area (Å²) in [5.74, 6) is 1.43. The maximum atomic E-state index is 13.6. The van der Waals surface area contributed by atoms with Gasteiger partial charge >= 0.3 is 6.03 Å². The lowest BCUT2D eigenvalue weighted by molar-refractivity contribution is -0.115. The quantitative estimate of drug-likeness (QED) is 0.215. The number of pyridine rings is 1. The second kappa shape index (κ2) is 11.2. The van der Waals surface area contributed by atoms with Gasteiger partial charge in [-0.1, -0.05) is 31.2 Å². The smallest absolute Gasteiger partial charge is 0.331 e. The average Bonchev–Trinajstić information content (AvgIpc) is 3.34. The molecular formula is C32H30N4O4S. The van der Waals surface area contributed by atoms with E-state index in [4.69, 9.17) is 4.74 Å². The fraction of sp³-hybridized carbons (Fsp3) is 0.250. The van der Waals surface area contributed by atoms with E-state index in [1.165, 1.54) is 17.4 Å². The highest BCUT2D eigenvalue weighted by molar-refractivity contribution is 7.21. The predicted octanol–water partition coefficient (Wildman–Crippen LogP) is 7.51. The molecule has 8 nitrogen and oxygen atoms in total. The van der Waals surface area contributed by atoms with Crippen molar-refractivity contribution in [3.8, 4) is 11.5 Å². The van der Waals surface area contributed by atoms with E-state index in [1.807, 2.05) is 55.5 Å². The zero-order valence-electron chi connectivity index (χ0n) is 22.7. The molecule has 0 spiro atoms. The van der Waals surface area contributed by atoms with Gasteiger partial charge in [0, 0.05) is 18.7 Å². The lowest BCUT2D eigenvalue weighted by Gasteiger charge is -2.30. The number of aryl methyl sites for hydroxylation is 1. The van der Waals surface area contributed by atoms with Crippen molar-refractivity contribution in [2.45, 2.75) is 45.1 Å². The summed E-state index contributed by atoms with van der Waals surface area (Å²) < 4.78 is 5.97. The summed E-state index contributed by atoms with van der Waals surface area (Å²) in [5.41, 5.74) is 2.73. The molecule has 0 unspecified atom stereocenters. The van der Waals surface area contributed by atoms with Crippen LogP contribution in [0.1, 0.15) is 47.3 Å². The van der Waals surface area contributed by atoms with Gasteiger partial charge in [0.25, 0.3) is 5.91 Å². The summed E-state index contributed by atoms with van der Waals surface area (Å²) in [7, 11) is 0. The number of rotatable bonds is 8. The number of carbonyl (C=O) groups is 3. The van der Waals surface area contributed by atoms with Gasteiger partial charge in [0.05, 0.1) is 22.4 Å². The molecule has 0 radical (unpaired) electrons. The number of ether oxygens (including phenoxy) is 1. The highest BCUT2D eigenvalue weighted by Gasteiger charge is 2.34. The van der Waals surface area contributed by atoms with Crippen molar-refractivity contribution in [2.75, 3.05) is 10.2 Å². The Morgan fingerprint density at radius 3 is 2.76 bits per heavy atom. The molecular weight excluding hydrogens is 536 g/mol. The van der Waals surface area contributed by atoms with Crippen LogP contribution >= 0.6 is 11.3 Å². The lowest BCUT2D eigenvalue weighted by Crippen LogP contribution is -2.39. The summed E-state index contributed by atoms with van der Waals surface area (Å²) in [6.45, 7) is 5.50. The number of hydrogen-bond acceptors (Lipinski definition) is 6. The zero-order chi connectivity index (χ0) is 28.5. The van der Waals surface area contributed by atoms with Crippen LogP contribution in [0.4, 0.5) is 21.9 Å². The van der Waals surface area contributed by atoms with Gasteiger partial charge in [-0.05, 0) is 80.1 Å². The minimum absolute atomic E-state index is 0.0289. The molecule has 9 heteroatoms. The van der Waals surface area contributed by atoms with Crippen LogP contribution in [0, 0.1) is 12.8 Å². The van der Waals surface area contributed by atoms with Crippen LogP contribution in [0.3, 0.4) is 0 Å². The standard InChI is InChI=1S/C32H30N4O4S/c1-3-22(37)18-20-8-7-9-21(17-20)34-30(38)29-28-27-26(14-15-33-31(27)41-29)36(32(39)35-28)25-13-12-24(16-19(25)2)40-23-10-5-4-6-11-23/h3-6,10-16,20-21H,1,7-9,17-18H2,2H3,(H,34,38)(H,35,39)/t20-,21+/m1/s1. The molecule has 3 amide bonds. The van der Waals surface area contributed by atoms with Crippen LogP contribution in [-0.4, -0.2) is 28.7 Å². The number of anilines is 3. The van der Waals surface area contributed by atoms with Crippen LogP contribution in [0.2, 0.25) is 0 Å². The average molecular weight is 567 g/mol.